The van der Waals surface area contributed by atoms with E-state index in [4.69, 9.17) is 20.5 Å². The van der Waals surface area contributed by atoms with Crippen molar-refractivity contribution in [2.75, 3.05) is 26.1 Å². The smallest absolute Gasteiger partial charge is 0.162 e. The predicted octanol–water partition coefficient (Wildman–Crippen LogP) is 1.89. The first-order chi connectivity index (χ1) is 7.72. The van der Waals surface area contributed by atoms with E-state index in [1.54, 1.807) is 0 Å². The second-order valence-electron chi connectivity index (χ2n) is 3.09. The number of hydrogen-bond donors (Lipinski definition) is 1. The van der Waals surface area contributed by atoms with Crippen molar-refractivity contribution in [1.29, 1.82) is 5.26 Å². The van der Waals surface area contributed by atoms with Gasteiger partial charge in [0.25, 0.3) is 0 Å². The molecule has 0 heterocycles. The summed E-state index contributed by atoms with van der Waals surface area (Å²) >= 11 is 0. The average molecular weight is 224 g/mol. The molecule has 2 N–H and O–H groups in total. The summed E-state index contributed by atoms with van der Waals surface area (Å²) in [6, 6.07) is 4.95. The third-order valence-electron chi connectivity index (χ3n) is 1.99. The molecule has 0 aliphatic heterocycles. The van der Waals surface area contributed by atoms with E-state index < -0.39 is 6.67 Å². The summed E-state index contributed by atoms with van der Waals surface area (Å²) in [5, 5.41) is 8.79. The number of ether oxygens (including phenoxy) is 2. The van der Waals surface area contributed by atoms with E-state index in [0.717, 1.165) is 0 Å². The number of nitrogen functional groups attached to an aromatic ring is 1. The standard InChI is InChI=1S/C11H13FN2O2/c1-15-10-6-9(14)8(7-13)5-11(10)16-4-2-3-12/h5-6H,2-4,14H2,1H3. The molecule has 0 aliphatic rings. The van der Waals surface area contributed by atoms with Gasteiger partial charge in [0.1, 0.15) is 6.07 Å². The first kappa shape index (κ1) is 12.1. The predicted molar refractivity (Wildman–Crippen MR) is 58.2 cm³/mol. The SMILES string of the molecule is COc1cc(N)c(C#N)cc1OCCCF. The Morgan fingerprint density at radius 3 is 2.75 bits per heavy atom. The molecule has 1 rings (SSSR count). The van der Waals surface area contributed by atoms with Gasteiger partial charge in [-0.3, -0.25) is 4.39 Å². The van der Waals surface area contributed by atoms with Gasteiger partial charge in [0.05, 0.1) is 31.6 Å². The van der Waals surface area contributed by atoms with Crippen molar-refractivity contribution < 1.29 is 13.9 Å². The summed E-state index contributed by atoms with van der Waals surface area (Å²) in [5.74, 6) is 0.844. The Labute approximate surface area is 93.4 Å². The van der Waals surface area contributed by atoms with Crippen LogP contribution < -0.4 is 15.2 Å². The normalized spacial score (nSPS) is 9.56. The van der Waals surface area contributed by atoms with Crippen molar-refractivity contribution in [1.82, 2.24) is 0 Å². The van der Waals surface area contributed by atoms with Gasteiger partial charge < -0.3 is 15.2 Å². The molecule has 1 aromatic carbocycles. The molecule has 0 saturated heterocycles. The highest BCUT2D eigenvalue weighted by Crippen LogP contribution is 2.31. The van der Waals surface area contributed by atoms with Crippen LogP contribution in [0.25, 0.3) is 0 Å². The van der Waals surface area contributed by atoms with Gasteiger partial charge >= 0.3 is 0 Å². The molecule has 0 radical (unpaired) electrons. The summed E-state index contributed by atoms with van der Waals surface area (Å²) in [5.41, 5.74) is 6.26. The lowest BCUT2D eigenvalue weighted by atomic mass is 10.2. The molecule has 0 amide bonds. The van der Waals surface area contributed by atoms with Crippen LogP contribution in [-0.2, 0) is 0 Å². The Balaban J connectivity index is 2.92. The lowest BCUT2D eigenvalue weighted by molar-refractivity contribution is 0.274. The maximum Gasteiger partial charge on any atom is 0.162 e. The molecule has 0 saturated carbocycles. The molecule has 0 aromatic heterocycles. The molecule has 0 aliphatic carbocycles. The molecule has 0 bridgehead atoms. The summed E-state index contributed by atoms with van der Waals surface area (Å²) in [7, 11) is 1.48. The number of methoxy groups -OCH3 is 1. The molecule has 0 unspecified atom stereocenters. The third-order valence-corrected chi connectivity index (χ3v) is 1.99. The van der Waals surface area contributed by atoms with Gasteiger partial charge in [-0.25, -0.2) is 0 Å². The molecule has 0 atom stereocenters. The first-order valence-electron chi connectivity index (χ1n) is 4.79. The van der Waals surface area contributed by atoms with Crippen LogP contribution >= 0.6 is 0 Å². The van der Waals surface area contributed by atoms with Crippen molar-refractivity contribution in [3.63, 3.8) is 0 Å². The van der Waals surface area contributed by atoms with Crippen molar-refractivity contribution in [2.45, 2.75) is 6.42 Å². The van der Waals surface area contributed by atoms with E-state index in [9.17, 15) is 4.39 Å². The Morgan fingerprint density at radius 1 is 1.44 bits per heavy atom. The second kappa shape index (κ2) is 5.81. The Bertz CT molecular complexity index is 402. The zero-order chi connectivity index (χ0) is 12.0. The molecule has 5 heteroatoms. The number of nitriles is 1. The maximum absolute atomic E-state index is 11.9. The van der Waals surface area contributed by atoms with E-state index in [0.29, 0.717) is 29.2 Å². The lowest BCUT2D eigenvalue weighted by Crippen LogP contribution is -2.02. The highest BCUT2D eigenvalue weighted by Gasteiger charge is 2.09. The number of benzene rings is 1. The van der Waals surface area contributed by atoms with Crippen LogP contribution in [0.1, 0.15) is 12.0 Å². The Kier molecular flexibility index (Phi) is 4.40. The molecule has 16 heavy (non-hydrogen) atoms. The van der Waals surface area contributed by atoms with Crippen molar-refractivity contribution >= 4 is 5.69 Å². The van der Waals surface area contributed by atoms with Crippen molar-refractivity contribution in [3.8, 4) is 17.6 Å². The fraction of sp³-hybridized carbons (Fsp3) is 0.364. The largest absolute Gasteiger partial charge is 0.493 e. The number of alkyl halides is 1. The monoisotopic (exact) mass is 224 g/mol. The molecule has 86 valence electrons. The quantitative estimate of drug-likeness (QED) is 0.612. The van der Waals surface area contributed by atoms with Crippen LogP contribution in [0.3, 0.4) is 0 Å². The second-order valence-corrected chi connectivity index (χ2v) is 3.09. The molecular formula is C11H13FN2O2. The number of nitrogens with zero attached hydrogens (tertiary/aromatic N) is 1. The van der Waals surface area contributed by atoms with Crippen molar-refractivity contribution in [3.05, 3.63) is 17.7 Å². The Morgan fingerprint density at radius 2 is 2.19 bits per heavy atom. The average Bonchev–Trinajstić information content (AvgIpc) is 2.30. The summed E-state index contributed by atoms with van der Waals surface area (Å²) < 4.78 is 22.2. The van der Waals surface area contributed by atoms with E-state index in [1.807, 2.05) is 6.07 Å². The van der Waals surface area contributed by atoms with Crippen molar-refractivity contribution in [2.24, 2.45) is 0 Å². The fourth-order valence-corrected chi connectivity index (χ4v) is 1.18. The molecule has 0 fully saturated rings. The van der Waals surface area contributed by atoms with Crippen LogP contribution in [0.2, 0.25) is 0 Å². The summed E-state index contributed by atoms with van der Waals surface area (Å²) in [6.45, 7) is -0.204. The minimum Gasteiger partial charge on any atom is -0.493 e. The number of halogens is 1. The number of hydrogen-bond acceptors (Lipinski definition) is 4. The number of rotatable bonds is 5. The van der Waals surface area contributed by atoms with Gasteiger partial charge in [0.2, 0.25) is 0 Å². The topological polar surface area (TPSA) is 68.3 Å². The highest BCUT2D eigenvalue weighted by atomic mass is 19.1. The van der Waals surface area contributed by atoms with E-state index in [2.05, 4.69) is 0 Å². The van der Waals surface area contributed by atoms with Crippen LogP contribution in [0.4, 0.5) is 10.1 Å². The van der Waals surface area contributed by atoms with Crippen LogP contribution in [0, 0.1) is 11.3 Å². The van der Waals surface area contributed by atoms with Gasteiger partial charge in [0.15, 0.2) is 11.5 Å². The Hall–Kier alpha value is -1.96. The van der Waals surface area contributed by atoms with Crippen LogP contribution in [0.5, 0.6) is 11.5 Å². The van der Waals surface area contributed by atoms with Gasteiger partial charge in [-0.2, -0.15) is 5.26 Å². The van der Waals surface area contributed by atoms with Crippen LogP contribution in [0.15, 0.2) is 12.1 Å². The third kappa shape index (κ3) is 2.76. The van der Waals surface area contributed by atoms with Crippen LogP contribution in [-0.4, -0.2) is 20.4 Å². The van der Waals surface area contributed by atoms with Gasteiger partial charge in [0, 0.05) is 18.6 Å². The number of nitrogens with two attached hydrogens (primary N) is 1. The molecular weight excluding hydrogens is 211 g/mol. The molecule has 1 aromatic rings. The zero-order valence-electron chi connectivity index (χ0n) is 9.00. The molecule has 4 nitrogen and oxygen atoms in total. The van der Waals surface area contributed by atoms with E-state index in [-0.39, 0.29) is 6.61 Å². The maximum atomic E-state index is 11.9. The highest BCUT2D eigenvalue weighted by molar-refractivity contribution is 5.62. The number of anilines is 1. The first-order valence-corrected chi connectivity index (χ1v) is 4.79. The lowest BCUT2D eigenvalue weighted by Gasteiger charge is -2.11. The minimum atomic E-state index is -0.442. The summed E-state index contributed by atoms with van der Waals surface area (Å²) in [6.07, 6.45) is 0.301. The van der Waals surface area contributed by atoms with Gasteiger partial charge in [-0.05, 0) is 0 Å². The van der Waals surface area contributed by atoms with Gasteiger partial charge in [-0.1, -0.05) is 0 Å². The fourth-order valence-electron chi connectivity index (χ4n) is 1.18. The van der Waals surface area contributed by atoms with E-state index in [1.165, 1.54) is 19.2 Å². The molecule has 0 spiro atoms. The minimum absolute atomic E-state index is 0.238. The zero-order valence-corrected chi connectivity index (χ0v) is 9.00. The summed E-state index contributed by atoms with van der Waals surface area (Å²) in [4.78, 5) is 0. The van der Waals surface area contributed by atoms with Gasteiger partial charge in [-0.15, -0.1) is 0 Å². The van der Waals surface area contributed by atoms with E-state index >= 15 is 0 Å².